The first-order valence-corrected chi connectivity index (χ1v) is 12.5. The van der Waals surface area contributed by atoms with Gasteiger partial charge in [-0.05, 0) is 35.4 Å². The Hall–Kier alpha value is -1.34. The average molecular weight is 428 g/mol. The lowest BCUT2D eigenvalue weighted by Crippen LogP contribution is -2.50. The summed E-state index contributed by atoms with van der Waals surface area (Å²) in [6.45, 7) is 8.90. The van der Waals surface area contributed by atoms with Crippen molar-refractivity contribution in [3.8, 4) is 5.75 Å². The molecule has 6 heteroatoms. The van der Waals surface area contributed by atoms with E-state index in [1.807, 2.05) is 12.1 Å². The van der Waals surface area contributed by atoms with Gasteiger partial charge in [0.2, 0.25) is 0 Å². The number of hydrogen-bond acceptors (Lipinski definition) is 6. The molecule has 0 aromatic heterocycles. The zero-order valence-electron chi connectivity index (χ0n) is 16.8. The Bertz CT molecular complexity index is 830. The zero-order chi connectivity index (χ0) is 19.7. The standard InChI is InChI=1S/C23H29N3OS2/c27-21-7-5-20(6-8-21)26-13-11-24(12-14-26)9-10-25-17-19-3-1-2-4-22(19)23(18-25)28-15-16-29-23/h1-8,27H,9-18H2. The molecule has 154 valence electrons. The van der Waals surface area contributed by atoms with Gasteiger partial charge in [-0.25, -0.2) is 0 Å². The molecule has 2 aromatic rings. The van der Waals surface area contributed by atoms with E-state index in [2.05, 4.69) is 62.5 Å². The fourth-order valence-electron chi connectivity index (χ4n) is 4.74. The number of fused-ring (bicyclic) bond motifs is 2. The van der Waals surface area contributed by atoms with Crippen LogP contribution in [0.5, 0.6) is 5.75 Å². The minimum absolute atomic E-state index is 0.256. The minimum atomic E-state index is 0.256. The smallest absolute Gasteiger partial charge is 0.115 e. The SMILES string of the molecule is Oc1ccc(N2CCN(CCN3Cc4ccccc4C4(C3)SCCS4)CC2)cc1. The molecule has 3 aliphatic rings. The Morgan fingerprint density at radius 3 is 2.28 bits per heavy atom. The van der Waals surface area contributed by atoms with Gasteiger partial charge < -0.3 is 10.0 Å². The third-order valence-electron chi connectivity index (χ3n) is 6.33. The van der Waals surface area contributed by atoms with E-state index < -0.39 is 0 Å². The number of piperazine rings is 1. The Kier molecular flexibility index (Phi) is 5.69. The fraction of sp³-hybridized carbons (Fsp3) is 0.478. The predicted octanol–water partition coefficient (Wildman–Crippen LogP) is 3.66. The normalized spacial score (nSPS) is 22.1. The van der Waals surface area contributed by atoms with E-state index in [0.717, 1.165) is 45.8 Å². The lowest BCUT2D eigenvalue weighted by Gasteiger charge is -2.42. The monoisotopic (exact) mass is 427 g/mol. The molecule has 3 aliphatic heterocycles. The van der Waals surface area contributed by atoms with Crippen LogP contribution in [0.1, 0.15) is 11.1 Å². The highest BCUT2D eigenvalue weighted by Gasteiger charge is 2.43. The summed E-state index contributed by atoms with van der Waals surface area (Å²) in [6.07, 6.45) is 0. The van der Waals surface area contributed by atoms with Crippen LogP contribution >= 0.6 is 23.5 Å². The van der Waals surface area contributed by atoms with Gasteiger partial charge in [0.25, 0.3) is 0 Å². The molecule has 2 aromatic carbocycles. The quantitative estimate of drug-likeness (QED) is 0.801. The second-order valence-corrected chi connectivity index (χ2v) is 11.2. The molecule has 4 nitrogen and oxygen atoms in total. The molecule has 2 fully saturated rings. The Labute approximate surface area is 182 Å². The summed E-state index contributed by atoms with van der Waals surface area (Å²) in [7, 11) is 0. The van der Waals surface area contributed by atoms with Crippen molar-refractivity contribution in [2.24, 2.45) is 0 Å². The maximum absolute atomic E-state index is 9.49. The van der Waals surface area contributed by atoms with Gasteiger partial charge >= 0.3 is 0 Å². The molecule has 2 saturated heterocycles. The topological polar surface area (TPSA) is 30.0 Å². The van der Waals surface area contributed by atoms with Crippen LogP contribution in [0, 0.1) is 0 Å². The van der Waals surface area contributed by atoms with Crippen LogP contribution in [0.15, 0.2) is 48.5 Å². The van der Waals surface area contributed by atoms with Crippen molar-refractivity contribution < 1.29 is 5.11 Å². The number of phenolic OH excluding ortho intramolecular Hbond substituents is 1. The van der Waals surface area contributed by atoms with Gasteiger partial charge in [-0.15, -0.1) is 23.5 Å². The maximum atomic E-state index is 9.49. The number of hydrogen-bond donors (Lipinski definition) is 1. The van der Waals surface area contributed by atoms with Crippen LogP contribution in [-0.4, -0.2) is 72.2 Å². The molecular weight excluding hydrogens is 398 g/mol. The minimum Gasteiger partial charge on any atom is -0.508 e. The predicted molar refractivity (Wildman–Crippen MR) is 125 cm³/mol. The third-order valence-corrected chi connectivity index (χ3v) is 9.74. The number of thioether (sulfide) groups is 2. The van der Waals surface area contributed by atoms with Crippen LogP contribution in [0.4, 0.5) is 5.69 Å². The second kappa shape index (κ2) is 8.42. The highest BCUT2D eigenvalue weighted by molar-refractivity contribution is 8.20. The molecule has 0 aliphatic carbocycles. The highest BCUT2D eigenvalue weighted by Crippen LogP contribution is 2.55. The van der Waals surface area contributed by atoms with Gasteiger partial charge in [0.05, 0.1) is 4.08 Å². The molecule has 3 heterocycles. The number of anilines is 1. The van der Waals surface area contributed by atoms with Crippen molar-refractivity contribution in [1.29, 1.82) is 0 Å². The van der Waals surface area contributed by atoms with Crippen molar-refractivity contribution in [3.05, 3.63) is 59.7 Å². The molecule has 0 saturated carbocycles. The summed E-state index contributed by atoms with van der Waals surface area (Å²) in [5.74, 6) is 2.88. The Morgan fingerprint density at radius 1 is 0.828 bits per heavy atom. The van der Waals surface area contributed by atoms with E-state index in [-0.39, 0.29) is 4.08 Å². The summed E-state index contributed by atoms with van der Waals surface area (Å²) in [5, 5.41) is 9.49. The fourth-order valence-corrected chi connectivity index (χ4v) is 8.16. The lowest BCUT2D eigenvalue weighted by atomic mass is 9.99. The molecule has 0 amide bonds. The van der Waals surface area contributed by atoms with Crippen LogP contribution in [0.3, 0.4) is 0 Å². The third kappa shape index (κ3) is 4.13. The van der Waals surface area contributed by atoms with E-state index >= 15 is 0 Å². The zero-order valence-corrected chi connectivity index (χ0v) is 18.4. The van der Waals surface area contributed by atoms with Gasteiger partial charge in [-0.3, -0.25) is 9.80 Å². The Morgan fingerprint density at radius 2 is 1.52 bits per heavy atom. The molecule has 0 atom stereocenters. The number of aromatic hydroxyl groups is 1. The van der Waals surface area contributed by atoms with Gasteiger partial charge in [0, 0.05) is 69.6 Å². The summed E-state index contributed by atoms with van der Waals surface area (Å²) in [6, 6.07) is 16.7. The summed E-state index contributed by atoms with van der Waals surface area (Å²) < 4.78 is 0.256. The molecule has 0 bridgehead atoms. The van der Waals surface area contributed by atoms with Crippen molar-refractivity contribution >= 4 is 29.2 Å². The average Bonchev–Trinajstić information content (AvgIpc) is 3.22. The van der Waals surface area contributed by atoms with E-state index in [1.165, 1.54) is 29.3 Å². The first kappa shape index (κ1) is 19.6. The largest absolute Gasteiger partial charge is 0.508 e. The second-order valence-electron chi connectivity index (χ2n) is 8.16. The van der Waals surface area contributed by atoms with E-state index in [9.17, 15) is 5.11 Å². The highest BCUT2D eigenvalue weighted by atomic mass is 32.2. The summed E-state index contributed by atoms with van der Waals surface area (Å²) in [5.41, 5.74) is 4.32. The number of phenols is 1. The molecule has 1 N–H and O–H groups in total. The molecule has 1 spiro atoms. The summed E-state index contributed by atoms with van der Waals surface area (Å²) >= 11 is 4.31. The van der Waals surface area contributed by atoms with Gasteiger partial charge in [0.1, 0.15) is 5.75 Å². The van der Waals surface area contributed by atoms with Crippen LogP contribution < -0.4 is 4.90 Å². The van der Waals surface area contributed by atoms with Gasteiger partial charge in [-0.1, -0.05) is 24.3 Å². The van der Waals surface area contributed by atoms with Crippen LogP contribution in [-0.2, 0) is 10.6 Å². The first-order chi connectivity index (χ1) is 14.2. The van der Waals surface area contributed by atoms with Crippen molar-refractivity contribution in [3.63, 3.8) is 0 Å². The van der Waals surface area contributed by atoms with E-state index in [1.54, 1.807) is 17.7 Å². The molecular formula is C23H29N3OS2. The maximum Gasteiger partial charge on any atom is 0.115 e. The van der Waals surface area contributed by atoms with Crippen molar-refractivity contribution in [2.45, 2.75) is 10.6 Å². The van der Waals surface area contributed by atoms with Crippen molar-refractivity contribution in [1.82, 2.24) is 9.80 Å². The molecule has 0 unspecified atom stereocenters. The molecule has 29 heavy (non-hydrogen) atoms. The Balaban J connectivity index is 1.17. The molecule has 0 radical (unpaired) electrons. The van der Waals surface area contributed by atoms with Crippen LogP contribution in [0.25, 0.3) is 0 Å². The number of nitrogens with zero attached hydrogens (tertiary/aromatic N) is 3. The van der Waals surface area contributed by atoms with Crippen LogP contribution in [0.2, 0.25) is 0 Å². The lowest BCUT2D eigenvalue weighted by molar-refractivity contribution is 0.182. The first-order valence-electron chi connectivity index (χ1n) is 10.6. The van der Waals surface area contributed by atoms with E-state index in [0.29, 0.717) is 5.75 Å². The van der Waals surface area contributed by atoms with Gasteiger partial charge in [-0.2, -0.15) is 0 Å². The van der Waals surface area contributed by atoms with Crippen molar-refractivity contribution in [2.75, 3.05) is 62.2 Å². The summed E-state index contributed by atoms with van der Waals surface area (Å²) in [4.78, 5) is 7.72. The van der Waals surface area contributed by atoms with E-state index in [4.69, 9.17) is 0 Å². The molecule has 5 rings (SSSR count). The van der Waals surface area contributed by atoms with Gasteiger partial charge in [0.15, 0.2) is 0 Å². The number of benzene rings is 2. The number of rotatable bonds is 4.